The van der Waals surface area contributed by atoms with E-state index < -0.39 is 0 Å². The highest BCUT2D eigenvalue weighted by molar-refractivity contribution is 5.72. The fraction of sp³-hybridized carbons (Fsp3) is 0. The lowest BCUT2D eigenvalue weighted by molar-refractivity contribution is 1.10. The van der Waals surface area contributed by atoms with Gasteiger partial charge in [0.1, 0.15) is 0 Å². The Morgan fingerprint density at radius 1 is 0.429 bits per heavy atom. The first-order chi connectivity index (χ1) is 13.9. The van der Waals surface area contributed by atoms with E-state index in [9.17, 15) is 0 Å². The van der Waals surface area contributed by atoms with Gasteiger partial charge in [0.2, 0.25) is 0 Å². The Morgan fingerprint density at radius 3 is 1.21 bits per heavy atom. The lowest BCUT2D eigenvalue weighted by Crippen LogP contribution is -1.81. The molecule has 2 heterocycles. The Kier molecular flexibility index (Phi) is 4.07. The van der Waals surface area contributed by atoms with Crippen molar-refractivity contribution in [3.05, 3.63) is 97.1 Å². The molecule has 5 aromatic rings. The molecule has 2 N–H and O–H groups in total. The molecule has 0 spiro atoms. The molecule has 4 heteroatoms. The predicted octanol–water partition coefficient (Wildman–Crippen LogP) is 5.80. The molecule has 0 radical (unpaired) electrons. The van der Waals surface area contributed by atoms with Crippen molar-refractivity contribution in [2.45, 2.75) is 0 Å². The minimum absolute atomic E-state index is 0.945. The summed E-state index contributed by atoms with van der Waals surface area (Å²) in [6.07, 6.45) is 0. The van der Waals surface area contributed by atoms with Gasteiger partial charge in [-0.15, -0.1) is 0 Å². The highest BCUT2D eigenvalue weighted by Gasteiger charge is 2.08. The van der Waals surface area contributed by atoms with Crippen molar-refractivity contribution < 1.29 is 0 Å². The monoisotopic (exact) mass is 362 g/mol. The summed E-state index contributed by atoms with van der Waals surface area (Å²) >= 11 is 0. The van der Waals surface area contributed by atoms with E-state index in [0.29, 0.717) is 0 Å². The molecule has 0 saturated heterocycles. The van der Waals surface area contributed by atoms with Gasteiger partial charge < -0.3 is 0 Å². The maximum atomic E-state index is 4.44. The maximum Gasteiger partial charge on any atom is 0.0927 e. The molecule has 0 bridgehead atoms. The summed E-state index contributed by atoms with van der Waals surface area (Å²) in [7, 11) is 0. The second-order valence-corrected chi connectivity index (χ2v) is 6.64. The van der Waals surface area contributed by atoms with Crippen LogP contribution in [0.2, 0.25) is 0 Å². The number of aromatic amines is 2. The van der Waals surface area contributed by atoms with Crippen molar-refractivity contribution in [1.29, 1.82) is 0 Å². The van der Waals surface area contributed by atoms with Crippen LogP contribution >= 0.6 is 0 Å². The predicted molar refractivity (Wildman–Crippen MR) is 112 cm³/mol. The van der Waals surface area contributed by atoms with E-state index >= 15 is 0 Å². The zero-order valence-corrected chi connectivity index (χ0v) is 15.1. The molecule has 0 fully saturated rings. The lowest BCUT2D eigenvalue weighted by atomic mass is 10.1. The second kappa shape index (κ2) is 7.00. The summed E-state index contributed by atoms with van der Waals surface area (Å²) in [5.41, 5.74) is 8.30. The van der Waals surface area contributed by atoms with Gasteiger partial charge in [0, 0.05) is 11.1 Å². The van der Waals surface area contributed by atoms with Crippen molar-refractivity contribution in [3.8, 4) is 45.0 Å². The molecule has 0 aliphatic heterocycles. The molecule has 2 aromatic heterocycles. The molecule has 4 nitrogen and oxygen atoms in total. The van der Waals surface area contributed by atoms with E-state index in [1.54, 1.807) is 0 Å². The van der Waals surface area contributed by atoms with Crippen molar-refractivity contribution >= 4 is 0 Å². The molecule has 0 aliphatic rings. The van der Waals surface area contributed by atoms with Gasteiger partial charge in [-0.2, -0.15) is 10.2 Å². The van der Waals surface area contributed by atoms with Gasteiger partial charge in [-0.3, -0.25) is 10.2 Å². The number of aromatic nitrogens is 4. The van der Waals surface area contributed by atoms with Crippen molar-refractivity contribution in [1.82, 2.24) is 20.4 Å². The lowest BCUT2D eigenvalue weighted by Gasteiger charge is -2.00. The third-order valence-electron chi connectivity index (χ3n) is 4.80. The van der Waals surface area contributed by atoms with Gasteiger partial charge in [0.15, 0.2) is 0 Å². The fourth-order valence-corrected chi connectivity index (χ4v) is 3.28. The van der Waals surface area contributed by atoms with Gasteiger partial charge >= 0.3 is 0 Å². The van der Waals surface area contributed by atoms with Crippen molar-refractivity contribution in [2.75, 3.05) is 0 Å². The number of rotatable bonds is 4. The molecule has 0 aliphatic carbocycles. The van der Waals surface area contributed by atoms with Crippen LogP contribution in [0.3, 0.4) is 0 Å². The molecule has 3 aromatic carbocycles. The Labute approximate surface area is 162 Å². The van der Waals surface area contributed by atoms with Crippen LogP contribution in [0.1, 0.15) is 0 Å². The van der Waals surface area contributed by atoms with Crippen LogP contribution in [0.25, 0.3) is 45.0 Å². The van der Waals surface area contributed by atoms with Gasteiger partial charge in [0.25, 0.3) is 0 Å². The molecular formula is C24H18N4. The fourth-order valence-electron chi connectivity index (χ4n) is 3.28. The Bertz CT molecular complexity index is 1090. The highest BCUT2D eigenvalue weighted by atomic mass is 15.1. The van der Waals surface area contributed by atoms with E-state index in [-0.39, 0.29) is 0 Å². The zero-order valence-electron chi connectivity index (χ0n) is 15.1. The van der Waals surface area contributed by atoms with E-state index in [4.69, 9.17) is 0 Å². The first-order valence-corrected chi connectivity index (χ1v) is 9.19. The number of hydrogen-bond donors (Lipinski definition) is 2. The quantitative estimate of drug-likeness (QED) is 0.424. The summed E-state index contributed by atoms with van der Waals surface area (Å²) in [6, 6.07) is 32.9. The van der Waals surface area contributed by atoms with Crippen molar-refractivity contribution in [2.24, 2.45) is 0 Å². The number of nitrogens with zero attached hydrogens (tertiary/aromatic N) is 2. The van der Waals surface area contributed by atoms with Gasteiger partial charge in [-0.05, 0) is 23.3 Å². The van der Waals surface area contributed by atoms with Crippen LogP contribution in [0.4, 0.5) is 0 Å². The number of hydrogen-bond acceptors (Lipinski definition) is 2. The van der Waals surface area contributed by atoms with Crippen molar-refractivity contribution in [3.63, 3.8) is 0 Å². The first kappa shape index (κ1) is 16.3. The summed E-state index contributed by atoms with van der Waals surface area (Å²) in [5.74, 6) is 0. The molecule has 0 unspecified atom stereocenters. The maximum absolute atomic E-state index is 4.44. The number of H-pyrrole nitrogens is 2. The SMILES string of the molecule is c1ccc(-c2cc(-c3ccc(-c4cc(-c5ccccc5)n[nH]4)cc3)[nH]n2)cc1. The van der Waals surface area contributed by atoms with Crippen LogP contribution in [-0.4, -0.2) is 20.4 Å². The summed E-state index contributed by atoms with van der Waals surface area (Å²) in [4.78, 5) is 0. The largest absolute Gasteiger partial charge is 0.277 e. The van der Waals surface area contributed by atoms with E-state index in [0.717, 1.165) is 45.0 Å². The van der Waals surface area contributed by atoms with Crippen LogP contribution in [-0.2, 0) is 0 Å². The molecule has 28 heavy (non-hydrogen) atoms. The molecule has 0 amide bonds. The summed E-state index contributed by atoms with van der Waals surface area (Å²) in [6.45, 7) is 0. The molecule has 134 valence electrons. The minimum atomic E-state index is 0.945. The highest BCUT2D eigenvalue weighted by Crippen LogP contribution is 2.27. The average Bonchev–Trinajstić information content (AvgIpc) is 3.46. The van der Waals surface area contributed by atoms with Gasteiger partial charge in [0.05, 0.1) is 22.8 Å². The Hall–Kier alpha value is -3.92. The van der Waals surface area contributed by atoms with E-state index in [1.165, 1.54) is 0 Å². The van der Waals surface area contributed by atoms with Crippen LogP contribution in [0.15, 0.2) is 97.1 Å². The smallest absolute Gasteiger partial charge is 0.0927 e. The Morgan fingerprint density at radius 2 is 0.821 bits per heavy atom. The third kappa shape index (κ3) is 3.12. The average molecular weight is 362 g/mol. The van der Waals surface area contributed by atoms with E-state index in [2.05, 4.69) is 81.1 Å². The molecule has 0 saturated carbocycles. The standard InChI is InChI=1S/C24H18N4/c1-3-7-17(8-4-1)21-15-23(27-25-21)19-11-13-20(14-12-19)24-16-22(26-28-24)18-9-5-2-6-10-18/h1-16H,(H,25,27)(H,26,28). The first-order valence-electron chi connectivity index (χ1n) is 9.19. The molecular weight excluding hydrogens is 344 g/mol. The van der Waals surface area contributed by atoms with Gasteiger partial charge in [-0.25, -0.2) is 0 Å². The molecule has 0 atom stereocenters. The number of nitrogens with one attached hydrogen (secondary N) is 2. The van der Waals surface area contributed by atoms with Crippen LogP contribution < -0.4 is 0 Å². The summed E-state index contributed by atoms with van der Waals surface area (Å²) in [5, 5.41) is 15.1. The minimum Gasteiger partial charge on any atom is -0.277 e. The topological polar surface area (TPSA) is 57.4 Å². The summed E-state index contributed by atoms with van der Waals surface area (Å²) < 4.78 is 0. The van der Waals surface area contributed by atoms with Gasteiger partial charge in [-0.1, -0.05) is 84.9 Å². The second-order valence-electron chi connectivity index (χ2n) is 6.64. The molecule has 5 rings (SSSR count). The van der Waals surface area contributed by atoms with Crippen LogP contribution in [0, 0.1) is 0 Å². The van der Waals surface area contributed by atoms with Crippen LogP contribution in [0.5, 0.6) is 0 Å². The Balaban J connectivity index is 1.40. The third-order valence-corrected chi connectivity index (χ3v) is 4.80. The van der Waals surface area contributed by atoms with E-state index in [1.807, 2.05) is 36.4 Å². The number of benzene rings is 3. The normalized spacial score (nSPS) is 10.9. The zero-order chi connectivity index (χ0) is 18.8.